The lowest BCUT2D eigenvalue weighted by molar-refractivity contribution is 0.540. The third kappa shape index (κ3) is 3.15. The molecule has 0 amide bonds. The van der Waals surface area contributed by atoms with Crippen molar-refractivity contribution in [3.63, 3.8) is 0 Å². The first-order valence-electron chi connectivity index (χ1n) is 7.38. The number of nitriles is 1. The molecule has 8 nitrogen and oxygen atoms in total. The molecular weight excluding hydrogens is 306 g/mol. The fourth-order valence-corrected chi connectivity index (χ4v) is 2.17. The quantitative estimate of drug-likeness (QED) is 0.694. The molecule has 0 aliphatic heterocycles. The smallest absolute Gasteiger partial charge is 0.226 e. The highest BCUT2D eigenvalue weighted by Gasteiger charge is 2.10. The van der Waals surface area contributed by atoms with Gasteiger partial charge in [0.05, 0.1) is 5.69 Å². The van der Waals surface area contributed by atoms with Crippen molar-refractivity contribution >= 4 is 11.3 Å². The molecule has 3 aromatic rings. The molecule has 0 saturated carbocycles. The van der Waals surface area contributed by atoms with Crippen molar-refractivity contribution < 1.29 is 4.42 Å². The molecule has 24 heavy (non-hydrogen) atoms. The first-order valence-corrected chi connectivity index (χ1v) is 7.38. The van der Waals surface area contributed by atoms with Crippen molar-refractivity contribution in [3.8, 4) is 17.5 Å². The van der Waals surface area contributed by atoms with Gasteiger partial charge in [-0.25, -0.2) is 4.98 Å². The van der Waals surface area contributed by atoms with E-state index in [-0.39, 0.29) is 11.4 Å². The number of aryl methyl sites for hydroxylation is 2. The summed E-state index contributed by atoms with van der Waals surface area (Å²) < 4.78 is 5.68. The topological polar surface area (TPSA) is 116 Å². The number of aromatic nitrogens is 5. The maximum Gasteiger partial charge on any atom is 0.226 e. The summed E-state index contributed by atoms with van der Waals surface area (Å²) in [7, 11) is 0. The fraction of sp³-hybridized carbons (Fsp3) is 0.188. The van der Waals surface area contributed by atoms with Gasteiger partial charge < -0.3 is 9.73 Å². The van der Waals surface area contributed by atoms with Gasteiger partial charge in [-0.3, -0.25) is 0 Å². The van der Waals surface area contributed by atoms with Crippen LogP contribution in [0.4, 0.5) is 5.69 Å². The highest BCUT2D eigenvalue weighted by Crippen LogP contribution is 2.23. The minimum Gasteiger partial charge on any atom is -0.441 e. The summed E-state index contributed by atoms with van der Waals surface area (Å²) in [4.78, 5) is 4.48. The molecule has 2 aromatic heterocycles. The monoisotopic (exact) mass is 321 g/mol. The Labute approximate surface area is 138 Å². The summed E-state index contributed by atoms with van der Waals surface area (Å²) >= 11 is 0. The maximum atomic E-state index is 9.12. The summed E-state index contributed by atoms with van der Waals surface area (Å²) in [6, 6.07) is 9.58. The molecule has 0 aliphatic carbocycles. The van der Waals surface area contributed by atoms with Gasteiger partial charge in [-0.05, 0) is 42.8 Å². The fourth-order valence-electron chi connectivity index (χ4n) is 2.17. The number of rotatable bonds is 5. The van der Waals surface area contributed by atoms with Crippen LogP contribution in [-0.4, -0.2) is 25.6 Å². The van der Waals surface area contributed by atoms with Gasteiger partial charge in [-0.15, -0.1) is 10.2 Å². The van der Waals surface area contributed by atoms with Crippen LogP contribution < -0.4 is 5.32 Å². The molecule has 0 unspecified atom stereocenters. The van der Waals surface area contributed by atoms with E-state index in [1.807, 2.05) is 44.2 Å². The second-order valence-electron chi connectivity index (χ2n) is 5.00. The van der Waals surface area contributed by atoms with E-state index >= 15 is 0 Å². The molecule has 0 aliphatic rings. The van der Waals surface area contributed by atoms with E-state index in [0.717, 1.165) is 29.1 Å². The molecule has 0 radical (unpaired) electrons. The zero-order valence-electron chi connectivity index (χ0n) is 13.2. The number of nitrogens with zero attached hydrogens (tertiary/aromatic N) is 5. The van der Waals surface area contributed by atoms with Crippen LogP contribution in [0.1, 0.15) is 24.2 Å². The first-order chi connectivity index (χ1) is 11.7. The van der Waals surface area contributed by atoms with E-state index in [0.29, 0.717) is 5.89 Å². The number of tetrazole rings is 1. The van der Waals surface area contributed by atoms with Crippen molar-refractivity contribution in [3.05, 3.63) is 47.7 Å². The number of oxazole rings is 1. The van der Waals surface area contributed by atoms with Gasteiger partial charge >= 0.3 is 0 Å². The Morgan fingerprint density at radius 2 is 2.17 bits per heavy atom. The lowest BCUT2D eigenvalue weighted by atomic mass is 10.2. The zero-order valence-corrected chi connectivity index (χ0v) is 13.2. The predicted octanol–water partition coefficient (Wildman–Crippen LogP) is 2.70. The van der Waals surface area contributed by atoms with Crippen LogP contribution in [0.15, 0.2) is 34.9 Å². The standard InChI is InChI=1S/C16H15N7O/c1-3-14-10(2)24-16(19-14)11-4-6-13(7-5-11)18-9-12(8-17)15-20-22-23-21-15/h4-7,9,18H,3H2,1-2H3,(H,20,21,22,23). The molecule has 120 valence electrons. The first kappa shape index (κ1) is 15.4. The molecule has 0 bridgehead atoms. The average Bonchev–Trinajstić information content (AvgIpc) is 3.26. The maximum absolute atomic E-state index is 9.12. The summed E-state index contributed by atoms with van der Waals surface area (Å²) in [6.45, 7) is 3.96. The number of allylic oxidation sites excluding steroid dienone is 1. The van der Waals surface area contributed by atoms with Crippen molar-refractivity contribution in [1.82, 2.24) is 25.6 Å². The van der Waals surface area contributed by atoms with Crippen LogP contribution >= 0.6 is 0 Å². The minimum absolute atomic E-state index is 0.240. The lowest BCUT2D eigenvalue weighted by Crippen LogP contribution is -1.93. The van der Waals surface area contributed by atoms with E-state index < -0.39 is 0 Å². The van der Waals surface area contributed by atoms with Crippen molar-refractivity contribution in [2.24, 2.45) is 0 Å². The molecule has 1 aromatic carbocycles. The molecule has 2 heterocycles. The Kier molecular flexibility index (Phi) is 4.34. The molecule has 0 spiro atoms. The second kappa shape index (κ2) is 6.75. The van der Waals surface area contributed by atoms with Crippen molar-refractivity contribution in [2.75, 3.05) is 5.32 Å². The summed E-state index contributed by atoms with van der Waals surface area (Å²) in [6.07, 6.45) is 2.37. The van der Waals surface area contributed by atoms with Crippen molar-refractivity contribution in [1.29, 1.82) is 5.26 Å². The number of anilines is 1. The molecule has 2 N–H and O–H groups in total. The Morgan fingerprint density at radius 1 is 1.38 bits per heavy atom. The normalized spacial score (nSPS) is 11.3. The molecule has 0 fully saturated rings. The van der Waals surface area contributed by atoms with E-state index in [9.17, 15) is 0 Å². The summed E-state index contributed by atoms with van der Waals surface area (Å²) in [5.41, 5.74) is 2.96. The Hall–Kier alpha value is -3.47. The van der Waals surface area contributed by atoms with Gasteiger partial charge in [0.2, 0.25) is 11.7 Å². The van der Waals surface area contributed by atoms with E-state index in [4.69, 9.17) is 9.68 Å². The predicted molar refractivity (Wildman–Crippen MR) is 87.4 cm³/mol. The molecule has 0 saturated heterocycles. The molecule has 0 atom stereocenters. The Balaban J connectivity index is 1.76. The zero-order chi connectivity index (χ0) is 16.9. The van der Waals surface area contributed by atoms with Gasteiger partial charge in [0, 0.05) is 17.5 Å². The van der Waals surface area contributed by atoms with E-state index in [1.165, 1.54) is 6.20 Å². The second-order valence-corrected chi connectivity index (χ2v) is 5.00. The summed E-state index contributed by atoms with van der Waals surface area (Å²) in [5, 5.41) is 25.4. The van der Waals surface area contributed by atoms with E-state index in [1.54, 1.807) is 0 Å². The van der Waals surface area contributed by atoms with Gasteiger partial charge in [0.1, 0.15) is 17.4 Å². The number of nitrogens with one attached hydrogen (secondary N) is 2. The Bertz CT molecular complexity index is 886. The van der Waals surface area contributed by atoms with Crippen LogP contribution in [0, 0.1) is 18.3 Å². The number of hydrogen-bond acceptors (Lipinski definition) is 7. The number of hydrogen-bond donors (Lipinski definition) is 2. The van der Waals surface area contributed by atoms with Gasteiger partial charge in [-0.2, -0.15) is 10.5 Å². The van der Waals surface area contributed by atoms with Crippen LogP contribution in [0.3, 0.4) is 0 Å². The van der Waals surface area contributed by atoms with Crippen LogP contribution in [-0.2, 0) is 6.42 Å². The number of H-pyrrole nitrogens is 1. The van der Waals surface area contributed by atoms with Gasteiger partial charge in [0.15, 0.2) is 0 Å². The van der Waals surface area contributed by atoms with E-state index in [2.05, 4.69) is 30.9 Å². The molecular formula is C16H15N7O. The number of benzene rings is 1. The highest BCUT2D eigenvalue weighted by atomic mass is 16.4. The third-order valence-electron chi connectivity index (χ3n) is 3.45. The van der Waals surface area contributed by atoms with Crippen molar-refractivity contribution in [2.45, 2.75) is 20.3 Å². The van der Waals surface area contributed by atoms with Gasteiger partial charge in [0.25, 0.3) is 0 Å². The largest absolute Gasteiger partial charge is 0.441 e. The highest BCUT2D eigenvalue weighted by molar-refractivity contribution is 5.74. The lowest BCUT2D eigenvalue weighted by Gasteiger charge is -2.02. The minimum atomic E-state index is 0.240. The summed E-state index contributed by atoms with van der Waals surface area (Å²) in [5.74, 6) is 1.69. The van der Waals surface area contributed by atoms with Gasteiger partial charge in [-0.1, -0.05) is 6.92 Å². The molecule has 3 rings (SSSR count). The SMILES string of the molecule is CCc1nc(-c2ccc(NC=C(C#N)c3nn[nH]n3)cc2)oc1C. The average molecular weight is 321 g/mol. The molecule has 8 heteroatoms. The van der Waals surface area contributed by atoms with Crippen LogP contribution in [0.25, 0.3) is 17.0 Å². The number of aromatic amines is 1. The Morgan fingerprint density at radius 3 is 2.75 bits per heavy atom. The van der Waals surface area contributed by atoms with Crippen LogP contribution in [0.2, 0.25) is 0 Å². The third-order valence-corrected chi connectivity index (χ3v) is 3.45. The van der Waals surface area contributed by atoms with Crippen LogP contribution in [0.5, 0.6) is 0 Å².